The van der Waals surface area contributed by atoms with Crippen molar-refractivity contribution in [1.29, 1.82) is 0 Å². The molecule has 3 aromatic rings. The number of amides is 1. The van der Waals surface area contributed by atoms with Gasteiger partial charge >= 0.3 is 6.36 Å². The Morgan fingerprint density at radius 2 is 1.75 bits per heavy atom. The quantitative estimate of drug-likeness (QED) is 0.663. The highest BCUT2D eigenvalue weighted by Gasteiger charge is 2.30. The number of H-pyrrole nitrogens is 1. The lowest BCUT2D eigenvalue weighted by molar-refractivity contribution is -0.274. The number of ether oxygens (including phenoxy) is 3. The molecule has 0 unspecified atom stereocenters. The Morgan fingerprint density at radius 3 is 2.36 bits per heavy atom. The minimum atomic E-state index is -4.74. The van der Waals surface area contributed by atoms with Crippen LogP contribution in [0.25, 0.3) is 10.9 Å². The average molecular weight is 394 g/mol. The van der Waals surface area contributed by atoms with Gasteiger partial charge in [0.25, 0.3) is 5.91 Å². The molecule has 1 amide bonds. The number of nitrogens with one attached hydrogen (secondary N) is 2. The molecule has 0 atom stereocenters. The van der Waals surface area contributed by atoms with Crippen LogP contribution in [0, 0.1) is 0 Å². The van der Waals surface area contributed by atoms with Crippen LogP contribution in [0.1, 0.15) is 16.1 Å². The number of aromatic amines is 1. The van der Waals surface area contributed by atoms with E-state index in [0.717, 1.165) is 5.39 Å². The van der Waals surface area contributed by atoms with E-state index in [2.05, 4.69) is 15.0 Å². The molecular weight excluding hydrogens is 377 g/mol. The predicted molar refractivity (Wildman–Crippen MR) is 95.7 cm³/mol. The van der Waals surface area contributed by atoms with Crippen molar-refractivity contribution in [3.05, 3.63) is 53.7 Å². The van der Waals surface area contributed by atoms with Crippen LogP contribution in [0.15, 0.2) is 42.5 Å². The first kappa shape index (κ1) is 19.4. The Morgan fingerprint density at radius 1 is 1.04 bits per heavy atom. The molecule has 0 saturated carbocycles. The highest BCUT2D eigenvalue weighted by atomic mass is 19.4. The second-order valence-electron chi connectivity index (χ2n) is 5.85. The summed E-state index contributed by atoms with van der Waals surface area (Å²) in [5, 5.41) is 3.45. The summed E-state index contributed by atoms with van der Waals surface area (Å²) in [6.07, 6.45) is -4.74. The van der Waals surface area contributed by atoms with Gasteiger partial charge in [-0.15, -0.1) is 13.2 Å². The fourth-order valence-corrected chi connectivity index (χ4v) is 2.67. The highest BCUT2D eigenvalue weighted by molar-refractivity contribution is 5.99. The van der Waals surface area contributed by atoms with Crippen molar-refractivity contribution in [3.8, 4) is 17.2 Å². The second-order valence-corrected chi connectivity index (χ2v) is 5.85. The van der Waals surface area contributed by atoms with Gasteiger partial charge in [0.05, 0.1) is 19.7 Å². The first-order valence-corrected chi connectivity index (χ1v) is 8.16. The number of aromatic nitrogens is 1. The number of halogens is 3. The van der Waals surface area contributed by atoms with Gasteiger partial charge in [-0.3, -0.25) is 4.79 Å². The molecule has 28 heavy (non-hydrogen) atoms. The van der Waals surface area contributed by atoms with E-state index in [1.54, 1.807) is 18.2 Å². The molecule has 9 heteroatoms. The zero-order valence-electron chi connectivity index (χ0n) is 15.0. The SMILES string of the molecule is COc1cc(OC)c2[nH]c(C(=O)NCc3ccc(OC(F)(F)F)cc3)cc2c1. The Bertz CT molecular complexity index is 981. The van der Waals surface area contributed by atoms with Crippen LogP contribution in [0.5, 0.6) is 17.2 Å². The minimum Gasteiger partial charge on any atom is -0.497 e. The van der Waals surface area contributed by atoms with Crippen LogP contribution >= 0.6 is 0 Å². The third-order valence-corrected chi connectivity index (χ3v) is 3.98. The van der Waals surface area contributed by atoms with Crippen LogP contribution in [-0.4, -0.2) is 31.5 Å². The predicted octanol–water partition coefficient (Wildman–Crippen LogP) is 4.01. The summed E-state index contributed by atoms with van der Waals surface area (Å²) in [4.78, 5) is 15.4. The average Bonchev–Trinajstić information content (AvgIpc) is 3.09. The van der Waals surface area contributed by atoms with Gasteiger partial charge in [-0.05, 0) is 29.8 Å². The molecule has 0 radical (unpaired) electrons. The maximum Gasteiger partial charge on any atom is 0.573 e. The molecule has 3 rings (SSSR count). The molecule has 6 nitrogen and oxygen atoms in total. The van der Waals surface area contributed by atoms with Crippen molar-refractivity contribution in [1.82, 2.24) is 10.3 Å². The van der Waals surface area contributed by atoms with Gasteiger partial charge in [0, 0.05) is 18.0 Å². The fraction of sp³-hybridized carbons (Fsp3) is 0.211. The van der Waals surface area contributed by atoms with Crippen LogP contribution in [0.3, 0.4) is 0 Å². The number of rotatable bonds is 6. The van der Waals surface area contributed by atoms with E-state index in [-0.39, 0.29) is 18.2 Å². The van der Waals surface area contributed by atoms with E-state index in [9.17, 15) is 18.0 Å². The van der Waals surface area contributed by atoms with E-state index in [0.29, 0.717) is 28.3 Å². The topological polar surface area (TPSA) is 72.6 Å². The Balaban J connectivity index is 1.69. The smallest absolute Gasteiger partial charge is 0.497 e. The van der Waals surface area contributed by atoms with Gasteiger partial charge in [0.15, 0.2) is 0 Å². The molecule has 0 fully saturated rings. The molecule has 0 spiro atoms. The van der Waals surface area contributed by atoms with Crippen molar-refractivity contribution in [2.24, 2.45) is 0 Å². The molecule has 0 aliphatic rings. The minimum absolute atomic E-state index is 0.140. The van der Waals surface area contributed by atoms with Gasteiger partial charge in [0.1, 0.15) is 22.9 Å². The summed E-state index contributed by atoms with van der Waals surface area (Å²) >= 11 is 0. The first-order valence-electron chi connectivity index (χ1n) is 8.16. The van der Waals surface area contributed by atoms with Gasteiger partial charge in [-0.1, -0.05) is 12.1 Å². The molecule has 1 aromatic heterocycles. The van der Waals surface area contributed by atoms with Crippen molar-refractivity contribution in [2.45, 2.75) is 12.9 Å². The van der Waals surface area contributed by atoms with Crippen molar-refractivity contribution in [3.63, 3.8) is 0 Å². The van der Waals surface area contributed by atoms with E-state index in [1.807, 2.05) is 0 Å². The Labute approximate surface area is 158 Å². The number of hydrogen-bond acceptors (Lipinski definition) is 4. The largest absolute Gasteiger partial charge is 0.573 e. The van der Waals surface area contributed by atoms with Gasteiger partial charge in [0.2, 0.25) is 0 Å². The molecule has 148 valence electrons. The molecule has 0 bridgehead atoms. The van der Waals surface area contributed by atoms with Crippen LogP contribution in [0.4, 0.5) is 13.2 Å². The maximum atomic E-state index is 12.4. The van der Waals surface area contributed by atoms with Crippen LogP contribution < -0.4 is 19.5 Å². The molecule has 0 aliphatic heterocycles. The van der Waals surface area contributed by atoms with Gasteiger partial charge in [-0.25, -0.2) is 0 Å². The van der Waals surface area contributed by atoms with Crippen molar-refractivity contribution < 1.29 is 32.2 Å². The lowest BCUT2D eigenvalue weighted by Crippen LogP contribution is -2.23. The molecule has 2 aromatic carbocycles. The summed E-state index contributed by atoms with van der Waals surface area (Å²) in [5.74, 6) is 0.442. The zero-order chi connectivity index (χ0) is 20.3. The normalized spacial score (nSPS) is 11.3. The van der Waals surface area contributed by atoms with Crippen molar-refractivity contribution in [2.75, 3.05) is 14.2 Å². The van der Waals surface area contributed by atoms with Crippen LogP contribution in [0.2, 0.25) is 0 Å². The van der Waals surface area contributed by atoms with Crippen molar-refractivity contribution >= 4 is 16.8 Å². The highest BCUT2D eigenvalue weighted by Crippen LogP contribution is 2.31. The number of hydrogen-bond donors (Lipinski definition) is 2. The lowest BCUT2D eigenvalue weighted by atomic mass is 10.2. The Kier molecular flexibility index (Phi) is 5.34. The zero-order valence-corrected chi connectivity index (χ0v) is 15.0. The van der Waals surface area contributed by atoms with Gasteiger partial charge in [-0.2, -0.15) is 0 Å². The van der Waals surface area contributed by atoms with Gasteiger partial charge < -0.3 is 24.5 Å². The number of fused-ring (bicyclic) bond motifs is 1. The molecule has 0 aliphatic carbocycles. The third kappa shape index (κ3) is 4.48. The van der Waals surface area contributed by atoms with Crippen LogP contribution in [-0.2, 0) is 6.54 Å². The number of benzene rings is 2. The summed E-state index contributed by atoms with van der Waals surface area (Å²) < 4.78 is 50.8. The van der Waals surface area contributed by atoms with E-state index >= 15 is 0 Å². The number of carbonyl (C=O) groups is 1. The molecule has 0 saturated heterocycles. The molecule has 2 N–H and O–H groups in total. The number of methoxy groups -OCH3 is 2. The summed E-state index contributed by atoms with van der Waals surface area (Å²) in [6.45, 7) is 0.140. The summed E-state index contributed by atoms with van der Waals surface area (Å²) in [7, 11) is 3.05. The summed E-state index contributed by atoms with van der Waals surface area (Å²) in [6, 6.07) is 10.4. The Hall–Kier alpha value is -3.36. The maximum absolute atomic E-state index is 12.4. The first-order chi connectivity index (χ1) is 13.3. The fourth-order valence-electron chi connectivity index (χ4n) is 2.67. The number of carbonyl (C=O) groups excluding carboxylic acids is 1. The standard InChI is InChI=1S/C19H17F3N2O4/c1-26-14-7-12-8-15(24-17(12)16(9-14)27-2)18(25)23-10-11-3-5-13(6-4-11)28-19(20,21)22/h3-9,24H,10H2,1-2H3,(H,23,25). The number of alkyl halides is 3. The molecular formula is C19H17F3N2O4. The van der Waals surface area contributed by atoms with E-state index < -0.39 is 6.36 Å². The molecule has 1 heterocycles. The third-order valence-electron chi connectivity index (χ3n) is 3.98. The monoisotopic (exact) mass is 394 g/mol. The van der Waals surface area contributed by atoms with E-state index in [4.69, 9.17) is 9.47 Å². The van der Waals surface area contributed by atoms with E-state index in [1.165, 1.54) is 38.5 Å². The second kappa shape index (κ2) is 7.71. The summed E-state index contributed by atoms with van der Waals surface area (Å²) in [5.41, 5.74) is 1.60. The lowest BCUT2D eigenvalue weighted by Gasteiger charge is -2.09.